The Morgan fingerprint density at radius 3 is 2.81 bits per heavy atom. The summed E-state index contributed by atoms with van der Waals surface area (Å²) >= 11 is 6.06. The second kappa shape index (κ2) is 9.72. The van der Waals surface area contributed by atoms with Crippen molar-refractivity contribution in [1.82, 2.24) is 34.8 Å². The molecule has 0 spiro atoms. The molecule has 4 N–H and O–H groups in total. The van der Waals surface area contributed by atoms with Gasteiger partial charge in [0.2, 0.25) is 5.91 Å². The number of nitrogens with one attached hydrogen (secondary N) is 2. The van der Waals surface area contributed by atoms with Crippen molar-refractivity contribution in [3.05, 3.63) is 59.7 Å². The third-order valence-electron chi connectivity index (χ3n) is 6.19. The van der Waals surface area contributed by atoms with Crippen LogP contribution in [0.3, 0.4) is 0 Å². The van der Waals surface area contributed by atoms with Gasteiger partial charge in [-0.05, 0) is 24.6 Å². The summed E-state index contributed by atoms with van der Waals surface area (Å²) in [5.74, 6) is -1.20. The van der Waals surface area contributed by atoms with Gasteiger partial charge in [0.05, 0.1) is 42.8 Å². The van der Waals surface area contributed by atoms with Gasteiger partial charge in [0, 0.05) is 30.0 Å². The van der Waals surface area contributed by atoms with Gasteiger partial charge in [-0.3, -0.25) is 14.8 Å². The highest BCUT2D eigenvalue weighted by Crippen LogP contribution is 2.38. The Bertz CT molecular complexity index is 1430. The number of imidazole rings is 1. The number of anilines is 1. The van der Waals surface area contributed by atoms with E-state index in [0.29, 0.717) is 33.3 Å². The fraction of sp³-hybridized carbons (Fsp3) is 0.304. The zero-order chi connectivity index (χ0) is 25.4. The highest BCUT2D eigenvalue weighted by Gasteiger charge is 2.46. The minimum atomic E-state index is -1.26. The molecule has 0 unspecified atom stereocenters. The lowest BCUT2D eigenvalue weighted by Crippen LogP contribution is -2.36. The number of hydrogen-bond donors (Lipinski definition) is 4. The van der Waals surface area contributed by atoms with Gasteiger partial charge in [0.1, 0.15) is 17.4 Å². The molecule has 4 aromatic heterocycles. The number of carbonyl (C=O) groups is 1. The standard InChI is InChI=1S/C23H22ClFN8O3/c1-26-23(36)15-6-16(19(35)18(15)34)33-10-30-17-21(29-9-14-5-12(24)2-3-28-14)31-20(32-22(17)33)11-4-13(25)8-27-7-11/h2-5,7-8,10,15-16,18-19,34-35H,6,9H2,1H3,(H,26,36)(H,29,31,32)/t15-,16+,18+,19-/m0/s1. The molecule has 1 aliphatic carbocycles. The number of carbonyl (C=O) groups excluding carboxylic acids is 1. The van der Waals surface area contributed by atoms with Crippen molar-refractivity contribution in [3.8, 4) is 11.4 Å². The molecule has 4 heterocycles. The van der Waals surface area contributed by atoms with Crippen LogP contribution in [0.15, 0.2) is 43.1 Å². The summed E-state index contributed by atoms with van der Waals surface area (Å²) < 4.78 is 15.5. The predicted octanol–water partition coefficient (Wildman–Crippen LogP) is 1.72. The SMILES string of the molecule is CNC(=O)[C@H]1C[C@@H](n2cnc3c(NCc4cc(Cl)ccn4)nc(-c4cncc(F)c4)nc32)[C@H](O)[C@@H]1O. The maximum atomic E-state index is 13.9. The fourth-order valence-corrected chi connectivity index (χ4v) is 4.58. The quantitative estimate of drug-likeness (QED) is 0.302. The number of aliphatic hydroxyl groups is 2. The van der Waals surface area contributed by atoms with E-state index in [0.717, 1.165) is 6.20 Å². The number of pyridine rings is 2. The number of rotatable bonds is 6. The topological polar surface area (TPSA) is 151 Å². The molecule has 11 nitrogen and oxygen atoms in total. The molecule has 1 aliphatic rings. The molecule has 0 saturated heterocycles. The molecule has 0 aromatic carbocycles. The zero-order valence-corrected chi connectivity index (χ0v) is 19.8. The molecular formula is C23H22ClFN8O3. The number of nitrogens with zero attached hydrogens (tertiary/aromatic N) is 6. The molecule has 1 amide bonds. The summed E-state index contributed by atoms with van der Waals surface area (Å²) in [6.07, 6.45) is 3.25. The molecule has 186 valence electrons. The van der Waals surface area contributed by atoms with Crippen LogP contribution in [0.5, 0.6) is 0 Å². The van der Waals surface area contributed by atoms with Crippen molar-refractivity contribution in [3.63, 3.8) is 0 Å². The smallest absolute Gasteiger partial charge is 0.225 e. The van der Waals surface area contributed by atoms with E-state index in [9.17, 15) is 19.4 Å². The monoisotopic (exact) mass is 512 g/mol. The lowest BCUT2D eigenvalue weighted by atomic mass is 10.1. The van der Waals surface area contributed by atoms with Crippen LogP contribution >= 0.6 is 11.6 Å². The first kappa shape index (κ1) is 24.0. The van der Waals surface area contributed by atoms with Gasteiger partial charge in [0.15, 0.2) is 17.3 Å². The number of halogens is 2. The fourth-order valence-electron chi connectivity index (χ4n) is 4.40. The van der Waals surface area contributed by atoms with Crippen molar-refractivity contribution in [1.29, 1.82) is 0 Å². The first-order valence-corrected chi connectivity index (χ1v) is 11.5. The highest BCUT2D eigenvalue weighted by molar-refractivity contribution is 6.30. The van der Waals surface area contributed by atoms with Gasteiger partial charge in [0.25, 0.3) is 0 Å². The second-order valence-electron chi connectivity index (χ2n) is 8.44. The van der Waals surface area contributed by atoms with E-state index in [2.05, 4.69) is 35.6 Å². The highest BCUT2D eigenvalue weighted by atomic mass is 35.5. The molecule has 4 atom stereocenters. The molecule has 0 aliphatic heterocycles. The Morgan fingerprint density at radius 1 is 1.22 bits per heavy atom. The normalized spacial score (nSPS) is 21.6. The van der Waals surface area contributed by atoms with E-state index in [-0.39, 0.29) is 24.7 Å². The first-order valence-electron chi connectivity index (χ1n) is 11.1. The van der Waals surface area contributed by atoms with Crippen molar-refractivity contribution < 1.29 is 19.4 Å². The number of hydrogen-bond acceptors (Lipinski definition) is 9. The van der Waals surface area contributed by atoms with E-state index in [4.69, 9.17) is 11.6 Å². The maximum Gasteiger partial charge on any atom is 0.225 e. The average molecular weight is 513 g/mol. The van der Waals surface area contributed by atoms with Gasteiger partial charge < -0.3 is 25.4 Å². The molecule has 13 heteroatoms. The molecule has 36 heavy (non-hydrogen) atoms. The molecule has 4 aromatic rings. The molecule has 1 saturated carbocycles. The minimum absolute atomic E-state index is 0.170. The van der Waals surface area contributed by atoms with Gasteiger partial charge in [-0.25, -0.2) is 19.3 Å². The van der Waals surface area contributed by atoms with Gasteiger partial charge in [-0.2, -0.15) is 0 Å². The third kappa shape index (κ3) is 4.45. The van der Waals surface area contributed by atoms with Gasteiger partial charge in [-0.15, -0.1) is 0 Å². The van der Waals surface area contributed by atoms with Crippen LogP contribution in [0.1, 0.15) is 18.2 Å². The Hall–Kier alpha value is -3.74. The van der Waals surface area contributed by atoms with Crippen LogP contribution in [0, 0.1) is 11.7 Å². The molecule has 1 fully saturated rings. The number of fused-ring (bicyclic) bond motifs is 1. The number of amides is 1. The Morgan fingerprint density at radius 2 is 2.06 bits per heavy atom. The lowest BCUT2D eigenvalue weighted by molar-refractivity contribution is -0.128. The van der Waals surface area contributed by atoms with E-state index >= 15 is 0 Å². The first-order chi connectivity index (χ1) is 17.4. The molecule has 5 rings (SSSR count). The summed E-state index contributed by atoms with van der Waals surface area (Å²) in [5, 5.41) is 27.5. The summed E-state index contributed by atoms with van der Waals surface area (Å²) in [6.45, 7) is 0.268. The van der Waals surface area contributed by atoms with Gasteiger partial charge >= 0.3 is 0 Å². The maximum absolute atomic E-state index is 13.9. The Balaban J connectivity index is 1.58. The molecule has 0 bridgehead atoms. The van der Waals surface area contributed by atoms with Crippen LogP contribution in [-0.4, -0.2) is 64.9 Å². The van der Waals surface area contributed by atoms with Crippen LogP contribution < -0.4 is 10.6 Å². The Labute approximate surface area is 209 Å². The molecular weight excluding hydrogens is 491 g/mol. The number of aromatic nitrogens is 6. The average Bonchev–Trinajstić information content (AvgIpc) is 3.43. The summed E-state index contributed by atoms with van der Waals surface area (Å²) in [6, 6.07) is 3.95. The summed E-state index contributed by atoms with van der Waals surface area (Å²) in [4.78, 5) is 33.9. The van der Waals surface area contributed by atoms with Crippen LogP contribution in [0.2, 0.25) is 5.02 Å². The van der Waals surface area contributed by atoms with Crippen molar-refractivity contribution >= 4 is 34.5 Å². The minimum Gasteiger partial charge on any atom is -0.390 e. The van der Waals surface area contributed by atoms with E-state index < -0.39 is 30.0 Å². The Kier molecular flexibility index (Phi) is 6.48. The van der Waals surface area contributed by atoms with Crippen LogP contribution in [0.4, 0.5) is 10.2 Å². The predicted molar refractivity (Wildman–Crippen MR) is 128 cm³/mol. The van der Waals surface area contributed by atoms with Gasteiger partial charge in [-0.1, -0.05) is 11.6 Å². The van der Waals surface area contributed by atoms with E-state index in [1.807, 2.05) is 0 Å². The van der Waals surface area contributed by atoms with Crippen molar-refractivity contribution in [2.45, 2.75) is 31.2 Å². The van der Waals surface area contributed by atoms with Crippen molar-refractivity contribution in [2.75, 3.05) is 12.4 Å². The number of aliphatic hydroxyl groups excluding tert-OH is 2. The van der Waals surface area contributed by atoms with Crippen LogP contribution in [0.25, 0.3) is 22.6 Å². The largest absolute Gasteiger partial charge is 0.390 e. The zero-order valence-electron chi connectivity index (χ0n) is 19.0. The van der Waals surface area contributed by atoms with E-state index in [1.54, 1.807) is 22.9 Å². The van der Waals surface area contributed by atoms with Crippen molar-refractivity contribution in [2.24, 2.45) is 5.92 Å². The third-order valence-corrected chi connectivity index (χ3v) is 6.43. The summed E-state index contributed by atoms with van der Waals surface area (Å²) in [5.41, 5.74) is 1.71. The lowest BCUT2D eigenvalue weighted by Gasteiger charge is -2.18. The second-order valence-corrected chi connectivity index (χ2v) is 8.87. The molecule has 0 radical (unpaired) electrons. The van der Waals surface area contributed by atoms with E-state index in [1.165, 1.54) is 25.6 Å². The van der Waals surface area contributed by atoms with Crippen LogP contribution in [-0.2, 0) is 11.3 Å². The summed E-state index contributed by atoms with van der Waals surface area (Å²) in [7, 11) is 1.47.